The minimum atomic E-state index is -3.33. The number of hydrogen-bond acceptors (Lipinski definition) is 3. The first kappa shape index (κ1) is 14.8. The van der Waals surface area contributed by atoms with E-state index in [0.29, 0.717) is 17.0 Å². The maximum absolute atomic E-state index is 11.5. The third-order valence-electron chi connectivity index (χ3n) is 2.59. The van der Waals surface area contributed by atoms with Gasteiger partial charge in [-0.1, -0.05) is 36.2 Å². The van der Waals surface area contributed by atoms with Crippen LogP contribution >= 0.6 is 23.2 Å². The van der Waals surface area contributed by atoms with Crippen molar-refractivity contribution in [1.82, 2.24) is 0 Å². The lowest BCUT2D eigenvalue weighted by Crippen LogP contribution is -2.27. The van der Waals surface area contributed by atoms with Gasteiger partial charge in [0.05, 0.1) is 11.4 Å². The van der Waals surface area contributed by atoms with Gasteiger partial charge in [0.2, 0.25) is 0 Å². The second-order valence-corrected chi connectivity index (χ2v) is 7.00. The predicted octanol–water partition coefficient (Wildman–Crippen LogP) is 2.85. The van der Waals surface area contributed by atoms with Crippen LogP contribution in [0.1, 0.15) is 25.0 Å². The van der Waals surface area contributed by atoms with E-state index in [9.17, 15) is 13.5 Å². The van der Waals surface area contributed by atoms with Gasteiger partial charge in [-0.3, -0.25) is 0 Å². The van der Waals surface area contributed by atoms with Crippen LogP contribution in [0.25, 0.3) is 0 Å². The molecule has 1 N–H and O–H groups in total. The molecule has 0 aromatic heterocycles. The molecule has 2 atom stereocenters. The molecule has 0 spiro atoms. The second kappa shape index (κ2) is 5.57. The summed E-state index contributed by atoms with van der Waals surface area (Å²) in [6, 6.07) is 4.60. The molecule has 1 rings (SSSR count). The summed E-state index contributed by atoms with van der Waals surface area (Å²) >= 11 is 11.7. The summed E-state index contributed by atoms with van der Waals surface area (Å²) < 4.78 is 23.1. The average Bonchev–Trinajstić information content (AvgIpc) is 2.15. The van der Waals surface area contributed by atoms with E-state index in [2.05, 4.69) is 0 Å². The molecule has 0 aliphatic heterocycles. The molecule has 0 aliphatic carbocycles. The van der Waals surface area contributed by atoms with Crippen molar-refractivity contribution in [1.29, 1.82) is 0 Å². The van der Waals surface area contributed by atoms with E-state index in [1.165, 1.54) is 6.07 Å². The molecule has 0 aliphatic rings. The predicted molar refractivity (Wildman–Crippen MR) is 70.3 cm³/mol. The van der Waals surface area contributed by atoms with Gasteiger partial charge >= 0.3 is 0 Å². The number of benzene rings is 1. The fourth-order valence-electron chi connectivity index (χ4n) is 1.70. The fraction of sp³-hybridized carbons (Fsp3) is 0.455. The van der Waals surface area contributed by atoms with Crippen LogP contribution in [0.4, 0.5) is 0 Å². The zero-order valence-corrected chi connectivity index (χ0v) is 11.9. The first-order chi connectivity index (χ1) is 7.77. The van der Waals surface area contributed by atoms with E-state index in [4.69, 9.17) is 23.2 Å². The molecule has 0 fully saturated rings. The summed E-state index contributed by atoms with van der Waals surface area (Å²) in [5.74, 6) is 0. The molecule has 0 saturated carbocycles. The maximum Gasteiger partial charge on any atom is 0.153 e. The van der Waals surface area contributed by atoms with Crippen LogP contribution in [0.5, 0.6) is 0 Å². The van der Waals surface area contributed by atoms with Crippen LogP contribution in [0.2, 0.25) is 10.0 Å². The molecular formula is C11H14Cl2O3S. The molecule has 1 aromatic rings. The van der Waals surface area contributed by atoms with E-state index in [1.54, 1.807) is 19.1 Å². The van der Waals surface area contributed by atoms with E-state index in [0.717, 1.165) is 6.26 Å². The molecular weight excluding hydrogens is 283 g/mol. The van der Waals surface area contributed by atoms with Crippen LogP contribution < -0.4 is 0 Å². The maximum atomic E-state index is 11.5. The molecule has 96 valence electrons. The highest BCUT2D eigenvalue weighted by Gasteiger charge is 2.29. The molecule has 3 nitrogen and oxygen atoms in total. The number of halogens is 2. The Morgan fingerprint density at radius 1 is 1.35 bits per heavy atom. The van der Waals surface area contributed by atoms with Crippen LogP contribution in [0, 0.1) is 0 Å². The van der Waals surface area contributed by atoms with Crippen molar-refractivity contribution in [2.75, 3.05) is 6.26 Å². The zero-order valence-electron chi connectivity index (χ0n) is 9.52. The van der Waals surface area contributed by atoms with Crippen LogP contribution in [-0.2, 0) is 9.84 Å². The Hall–Kier alpha value is -0.290. The smallest absolute Gasteiger partial charge is 0.153 e. The monoisotopic (exact) mass is 296 g/mol. The largest absolute Gasteiger partial charge is 0.387 e. The number of hydrogen-bond donors (Lipinski definition) is 1. The molecule has 0 amide bonds. The van der Waals surface area contributed by atoms with Crippen molar-refractivity contribution in [3.63, 3.8) is 0 Å². The van der Waals surface area contributed by atoms with Crippen molar-refractivity contribution >= 4 is 33.0 Å². The Bertz CT molecular complexity index is 499. The van der Waals surface area contributed by atoms with Gasteiger partial charge in [0, 0.05) is 21.9 Å². The van der Waals surface area contributed by atoms with Gasteiger partial charge in [0.15, 0.2) is 9.84 Å². The van der Waals surface area contributed by atoms with Crippen molar-refractivity contribution in [2.45, 2.75) is 24.7 Å². The summed E-state index contributed by atoms with van der Waals surface area (Å²) in [7, 11) is -3.33. The molecule has 0 saturated heterocycles. The van der Waals surface area contributed by atoms with Gasteiger partial charge in [0.1, 0.15) is 0 Å². The second-order valence-electron chi connectivity index (χ2n) is 3.89. The molecule has 0 bridgehead atoms. The molecule has 0 radical (unpaired) electrons. The normalized spacial score (nSPS) is 15.6. The van der Waals surface area contributed by atoms with Crippen molar-refractivity contribution < 1.29 is 13.5 Å². The van der Waals surface area contributed by atoms with Gasteiger partial charge in [-0.05, 0) is 18.6 Å². The number of aliphatic hydroxyl groups is 1. The third kappa shape index (κ3) is 3.58. The summed E-state index contributed by atoms with van der Waals surface area (Å²) in [4.78, 5) is 0. The lowest BCUT2D eigenvalue weighted by atomic mass is 10.0. The number of aliphatic hydroxyl groups excluding tert-OH is 1. The summed E-state index contributed by atoms with van der Waals surface area (Å²) in [5, 5.41) is 9.93. The SMILES string of the molecule is CCC(C(O)c1ccc(Cl)cc1Cl)S(C)(=O)=O. The van der Waals surface area contributed by atoms with Gasteiger partial charge in [0.25, 0.3) is 0 Å². The Balaban J connectivity index is 3.15. The molecule has 2 unspecified atom stereocenters. The Morgan fingerprint density at radius 2 is 1.94 bits per heavy atom. The van der Waals surface area contributed by atoms with Crippen molar-refractivity contribution in [3.05, 3.63) is 33.8 Å². The Labute approximate surface area is 111 Å². The Kier molecular flexibility index (Phi) is 4.84. The van der Waals surface area contributed by atoms with Gasteiger partial charge < -0.3 is 5.11 Å². The van der Waals surface area contributed by atoms with Crippen molar-refractivity contribution in [2.24, 2.45) is 0 Å². The van der Waals surface area contributed by atoms with E-state index < -0.39 is 21.2 Å². The minimum Gasteiger partial charge on any atom is -0.387 e. The molecule has 1 aromatic carbocycles. The molecule has 0 heterocycles. The summed E-state index contributed by atoms with van der Waals surface area (Å²) in [6.45, 7) is 1.71. The quantitative estimate of drug-likeness (QED) is 0.929. The minimum absolute atomic E-state index is 0.270. The first-order valence-corrected chi connectivity index (χ1v) is 7.80. The van der Waals surface area contributed by atoms with Crippen LogP contribution in [-0.4, -0.2) is 25.0 Å². The molecule has 6 heteroatoms. The van der Waals surface area contributed by atoms with Gasteiger partial charge in [-0.25, -0.2) is 8.42 Å². The standard InChI is InChI=1S/C11H14Cl2O3S/c1-3-10(17(2,15)16)11(14)8-5-4-7(12)6-9(8)13/h4-6,10-11,14H,3H2,1-2H3. The summed E-state index contributed by atoms with van der Waals surface area (Å²) in [6.07, 6.45) is 0.285. The highest BCUT2D eigenvalue weighted by Crippen LogP contribution is 2.31. The van der Waals surface area contributed by atoms with Crippen LogP contribution in [0.3, 0.4) is 0 Å². The lowest BCUT2D eigenvalue weighted by molar-refractivity contribution is 0.169. The fourth-order valence-corrected chi connectivity index (χ4v) is 3.44. The first-order valence-electron chi connectivity index (χ1n) is 5.09. The average molecular weight is 297 g/mol. The van der Waals surface area contributed by atoms with E-state index >= 15 is 0 Å². The molecule has 17 heavy (non-hydrogen) atoms. The zero-order chi connectivity index (χ0) is 13.2. The Morgan fingerprint density at radius 3 is 2.35 bits per heavy atom. The lowest BCUT2D eigenvalue weighted by Gasteiger charge is -2.21. The van der Waals surface area contributed by atoms with Gasteiger partial charge in [-0.15, -0.1) is 0 Å². The topological polar surface area (TPSA) is 54.4 Å². The number of sulfone groups is 1. The van der Waals surface area contributed by atoms with E-state index in [1.807, 2.05) is 0 Å². The van der Waals surface area contributed by atoms with Crippen molar-refractivity contribution in [3.8, 4) is 0 Å². The van der Waals surface area contributed by atoms with Gasteiger partial charge in [-0.2, -0.15) is 0 Å². The number of rotatable bonds is 4. The van der Waals surface area contributed by atoms with Crippen LogP contribution in [0.15, 0.2) is 18.2 Å². The summed E-state index contributed by atoms with van der Waals surface area (Å²) in [5.41, 5.74) is 0.383. The third-order valence-corrected chi connectivity index (χ3v) is 4.84. The van der Waals surface area contributed by atoms with E-state index in [-0.39, 0.29) is 5.02 Å². The highest BCUT2D eigenvalue weighted by molar-refractivity contribution is 7.91. The highest BCUT2D eigenvalue weighted by atomic mass is 35.5.